The number of amides is 1. The molecule has 2 fully saturated rings. The molecular weight excluding hydrogens is 1050 g/mol. The highest BCUT2D eigenvalue weighted by atomic mass is 32.2. The average molecular weight is 1140 g/mol. The second kappa shape index (κ2) is 29.2. The van der Waals surface area contributed by atoms with E-state index in [9.17, 15) is 22.8 Å². The molecule has 1 aliphatic carbocycles. The number of rotatable bonds is 27. The molecule has 19 heteroatoms. The number of nitrogens with one attached hydrogen (secondary N) is 2. The zero-order valence-electron chi connectivity index (χ0n) is 48.6. The number of fused-ring (bicyclic) bond motifs is 1. The molecule has 4 aromatic rings. The van der Waals surface area contributed by atoms with E-state index in [0.717, 1.165) is 71.4 Å². The normalized spacial score (nSPS) is 18.9. The van der Waals surface area contributed by atoms with Gasteiger partial charge in [-0.3, -0.25) is 23.9 Å². The summed E-state index contributed by atoms with van der Waals surface area (Å²) in [5, 5.41) is 11.1. The van der Waals surface area contributed by atoms with E-state index in [1.54, 1.807) is 27.7 Å². The van der Waals surface area contributed by atoms with E-state index < -0.39 is 27.2 Å². The fourth-order valence-corrected chi connectivity index (χ4v) is 12.4. The molecular formula is C62H85N7O11S. The first kappa shape index (κ1) is 62.5. The lowest BCUT2D eigenvalue weighted by Crippen LogP contribution is -2.38. The van der Waals surface area contributed by atoms with E-state index in [2.05, 4.69) is 43.7 Å². The first-order valence-electron chi connectivity index (χ1n) is 28.7. The van der Waals surface area contributed by atoms with Gasteiger partial charge in [0.05, 0.1) is 79.1 Å². The number of hydrogen-bond donors (Lipinski definition) is 2. The maximum absolute atomic E-state index is 13.7. The summed E-state index contributed by atoms with van der Waals surface area (Å²) in [4.78, 5) is 53.3. The predicted octanol–water partition coefficient (Wildman–Crippen LogP) is 9.54. The molecule has 2 N–H and O–H groups in total. The van der Waals surface area contributed by atoms with Crippen molar-refractivity contribution in [2.45, 2.75) is 148 Å². The van der Waals surface area contributed by atoms with Crippen LogP contribution in [0.1, 0.15) is 145 Å². The van der Waals surface area contributed by atoms with Crippen molar-refractivity contribution in [3.05, 3.63) is 118 Å². The molecule has 0 bridgehead atoms. The van der Waals surface area contributed by atoms with Crippen LogP contribution in [0.15, 0.2) is 99.9 Å². The summed E-state index contributed by atoms with van der Waals surface area (Å²) in [6.07, 6.45) is 14.0. The Morgan fingerprint density at radius 1 is 0.864 bits per heavy atom. The fourth-order valence-electron chi connectivity index (χ4n) is 10.9. The Kier molecular flexibility index (Phi) is 22.5. The van der Waals surface area contributed by atoms with Gasteiger partial charge in [-0.25, -0.2) is 18.4 Å². The van der Waals surface area contributed by atoms with Crippen molar-refractivity contribution in [3.8, 4) is 5.75 Å². The Morgan fingerprint density at radius 2 is 1.54 bits per heavy atom. The molecule has 1 amide bonds. The quantitative estimate of drug-likeness (QED) is 0.0323. The Hall–Kier alpha value is -6.12. The minimum atomic E-state index is -3.83. The van der Waals surface area contributed by atoms with Crippen LogP contribution in [0.2, 0.25) is 0 Å². The van der Waals surface area contributed by atoms with Crippen LogP contribution in [-0.2, 0) is 51.5 Å². The summed E-state index contributed by atoms with van der Waals surface area (Å²) < 4.78 is 64.2. The second-order valence-electron chi connectivity index (χ2n) is 23.4. The third-order valence-electron chi connectivity index (χ3n) is 14.9. The monoisotopic (exact) mass is 1140 g/mol. The first-order chi connectivity index (χ1) is 38.6. The second-order valence-corrected chi connectivity index (χ2v) is 25.4. The number of aromatic nitrogens is 3. The number of aryl methyl sites for hydroxylation is 1. The topological polar surface area (TPSA) is 223 Å². The number of sulfonamides is 1. The van der Waals surface area contributed by atoms with Gasteiger partial charge in [-0.15, -0.1) is 0 Å². The number of carbonyl (C=O) groups is 2. The molecule has 0 radical (unpaired) electrons. The van der Waals surface area contributed by atoms with Gasteiger partial charge in [-0.05, 0) is 156 Å². The van der Waals surface area contributed by atoms with Crippen LogP contribution in [0.5, 0.6) is 5.75 Å². The molecule has 0 spiro atoms. The molecule has 440 valence electrons. The number of pyridine rings is 1. The van der Waals surface area contributed by atoms with E-state index >= 15 is 0 Å². The van der Waals surface area contributed by atoms with Crippen LogP contribution < -0.4 is 15.6 Å². The highest BCUT2D eigenvalue weighted by Crippen LogP contribution is 2.43. The van der Waals surface area contributed by atoms with E-state index in [0.29, 0.717) is 115 Å². The van der Waals surface area contributed by atoms with Crippen LogP contribution >= 0.6 is 0 Å². The number of aliphatic imine (C=N–C) groups is 1. The van der Waals surface area contributed by atoms with Crippen LogP contribution in [-0.4, -0.2) is 135 Å². The standard InChI is InChI=1S/C62H85N7O11S/c1-43-10-9-11-48(40-62(7,8)39-43)58-54(59(71)64-27-24-44(2)45(3)63)21-16-50(67-58)15-14-49-17-23-56(66-49)79-37-35-77-33-31-75-30-32-76-34-36-78-51-18-12-46(13-19-51)47-25-28-69(29-26-47)81(73,74)52-20-22-53-55(38-52)65-42-68(60(53)72)41-57(70)80-61(4,5)6/h12-13,16-23,38,42-43,47-49,63H,2,9-11,14-15,24-37,39-41H2,1,3-8H3,(H,64,71)/t43-,48?,49?/m1/s1. The summed E-state index contributed by atoms with van der Waals surface area (Å²) in [7, 11) is -3.83. The number of esters is 1. The molecule has 3 aliphatic rings. The number of ether oxygens (including phenoxy) is 6. The van der Waals surface area contributed by atoms with Crippen LogP contribution in [0.3, 0.4) is 0 Å². The Bertz CT molecular complexity index is 3030. The highest BCUT2D eigenvalue weighted by molar-refractivity contribution is 7.89. The summed E-state index contributed by atoms with van der Waals surface area (Å²) in [6.45, 7) is 22.0. The Labute approximate surface area is 478 Å². The van der Waals surface area contributed by atoms with Crippen molar-refractivity contribution in [1.82, 2.24) is 24.2 Å². The largest absolute Gasteiger partial charge is 0.491 e. The van der Waals surface area contributed by atoms with Crippen molar-refractivity contribution in [2.24, 2.45) is 16.3 Å². The zero-order valence-corrected chi connectivity index (χ0v) is 49.5. The summed E-state index contributed by atoms with van der Waals surface area (Å²) >= 11 is 0. The molecule has 81 heavy (non-hydrogen) atoms. The summed E-state index contributed by atoms with van der Waals surface area (Å²) in [5.41, 5.74) is 4.00. The summed E-state index contributed by atoms with van der Waals surface area (Å²) in [6, 6.07) is 16.1. The highest BCUT2D eigenvalue weighted by Gasteiger charge is 2.33. The van der Waals surface area contributed by atoms with E-state index in [4.69, 9.17) is 43.8 Å². The third kappa shape index (κ3) is 19.0. The van der Waals surface area contributed by atoms with E-state index in [1.807, 2.05) is 42.5 Å². The maximum Gasteiger partial charge on any atom is 0.326 e. The van der Waals surface area contributed by atoms with Gasteiger partial charge in [0.2, 0.25) is 15.9 Å². The molecule has 2 unspecified atom stereocenters. The van der Waals surface area contributed by atoms with Crippen LogP contribution in [0, 0.1) is 16.7 Å². The van der Waals surface area contributed by atoms with Gasteiger partial charge < -0.3 is 39.1 Å². The van der Waals surface area contributed by atoms with Gasteiger partial charge in [0.15, 0.2) is 0 Å². The van der Waals surface area contributed by atoms with Crippen molar-refractivity contribution < 1.29 is 46.4 Å². The molecule has 3 atom stereocenters. The maximum atomic E-state index is 13.7. The van der Waals surface area contributed by atoms with Gasteiger partial charge >= 0.3 is 5.97 Å². The third-order valence-corrected chi connectivity index (χ3v) is 16.8. The number of piperidine rings is 1. The summed E-state index contributed by atoms with van der Waals surface area (Å²) in [5.74, 6) is 1.69. The molecule has 1 saturated carbocycles. The smallest absolute Gasteiger partial charge is 0.326 e. The molecule has 7 rings (SSSR count). The number of carbonyl (C=O) groups excluding carboxylic acids is 2. The number of benzene rings is 2. The zero-order chi connectivity index (χ0) is 58.2. The predicted molar refractivity (Wildman–Crippen MR) is 314 cm³/mol. The number of hydrogen-bond acceptors (Lipinski definition) is 15. The lowest BCUT2D eigenvalue weighted by Gasteiger charge is -2.35. The van der Waals surface area contributed by atoms with E-state index in [-0.39, 0.29) is 51.5 Å². The Morgan fingerprint density at radius 3 is 2.22 bits per heavy atom. The molecule has 18 nitrogen and oxygen atoms in total. The van der Waals surface area contributed by atoms with Crippen molar-refractivity contribution in [3.63, 3.8) is 0 Å². The van der Waals surface area contributed by atoms with Crippen molar-refractivity contribution >= 4 is 44.4 Å². The molecule has 1 saturated heterocycles. The van der Waals surface area contributed by atoms with Gasteiger partial charge in [-0.2, -0.15) is 4.31 Å². The van der Waals surface area contributed by atoms with Crippen molar-refractivity contribution in [2.75, 3.05) is 72.5 Å². The van der Waals surface area contributed by atoms with Gasteiger partial charge in [-0.1, -0.05) is 58.4 Å². The fraction of sp³-hybridized carbons (Fsp3) is 0.565. The van der Waals surface area contributed by atoms with Gasteiger partial charge in [0, 0.05) is 37.0 Å². The van der Waals surface area contributed by atoms with E-state index in [1.165, 1.54) is 35.3 Å². The van der Waals surface area contributed by atoms with Gasteiger partial charge in [0.25, 0.3) is 11.5 Å². The lowest BCUT2D eigenvalue weighted by atomic mass is 9.71. The molecule has 2 aliphatic heterocycles. The lowest BCUT2D eigenvalue weighted by molar-refractivity contribution is -0.155. The number of nitrogens with zero attached hydrogens (tertiary/aromatic N) is 5. The van der Waals surface area contributed by atoms with Crippen LogP contribution in [0.25, 0.3) is 10.9 Å². The van der Waals surface area contributed by atoms with Crippen LogP contribution in [0.4, 0.5) is 0 Å². The molecule has 2 aromatic carbocycles. The average Bonchev–Trinajstić information content (AvgIpc) is 3.91. The molecule has 4 heterocycles. The van der Waals surface area contributed by atoms with Crippen molar-refractivity contribution in [1.29, 1.82) is 5.41 Å². The minimum absolute atomic E-state index is 0.0199. The minimum Gasteiger partial charge on any atom is -0.491 e. The van der Waals surface area contributed by atoms with Gasteiger partial charge in [0.1, 0.15) is 31.1 Å². The first-order valence-corrected chi connectivity index (χ1v) is 30.2. The Balaban J connectivity index is 0.731. The molecule has 2 aromatic heterocycles. The SMILES string of the molecule is C=C(CCNC(=O)c1ccc(CCC2C=CC(OCCOCCOCCOCCOc3ccc(C4CCN(S(=O)(=O)c5ccc6c(=O)n(CC(=O)OC(C)(C)C)cnc6c5)CC4)cc3)=N2)nc1C1CCC[C@@H](C)CC(C)(C)C1)C(C)=N.